The van der Waals surface area contributed by atoms with Gasteiger partial charge in [-0.3, -0.25) is 9.59 Å². The Balaban J connectivity index is 2.48. The molecule has 6 nitrogen and oxygen atoms in total. The summed E-state index contributed by atoms with van der Waals surface area (Å²) in [6.45, 7) is 3.58. The monoisotopic (exact) mass is 279 g/mol. The van der Waals surface area contributed by atoms with E-state index in [2.05, 4.69) is 10.6 Å². The van der Waals surface area contributed by atoms with Crippen LogP contribution in [0.2, 0.25) is 0 Å². The van der Waals surface area contributed by atoms with E-state index in [0.717, 1.165) is 0 Å². The van der Waals surface area contributed by atoms with Crippen molar-refractivity contribution in [2.45, 2.75) is 25.8 Å². The van der Waals surface area contributed by atoms with Gasteiger partial charge in [-0.1, -0.05) is 0 Å². The molecule has 1 aromatic rings. The predicted molar refractivity (Wildman–Crippen MR) is 77.5 cm³/mol. The second-order valence-electron chi connectivity index (χ2n) is 4.97. The third-order valence-corrected chi connectivity index (χ3v) is 2.57. The summed E-state index contributed by atoms with van der Waals surface area (Å²) in [7, 11) is 1.58. The van der Waals surface area contributed by atoms with Crippen molar-refractivity contribution >= 4 is 17.5 Å². The average Bonchev–Trinajstić information content (AvgIpc) is 2.39. The zero-order chi connectivity index (χ0) is 15.2. The second kappa shape index (κ2) is 6.91. The number of carbonyl (C=O) groups excluding carboxylic acids is 2. The Labute approximate surface area is 118 Å². The maximum absolute atomic E-state index is 11.7. The molecule has 4 N–H and O–H groups in total. The second-order valence-corrected chi connectivity index (χ2v) is 4.97. The topological polar surface area (TPSA) is 93.5 Å². The molecular formula is C14H21N3O3. The Bertz CT molecular complexity index is 464. The number of nitrogens with two attached hydrogens (primary N) is 1. The Kier molecular flexibility index (Phi) is 5.52. The van der Waals surface area contributed by atoms with Crippen LogP contribution in [0, 0.1) is 0 Å². The fraction of sp³-hybridized carbons (Fsp3) is 0.429. The molecule has 0 bridgehead atoms. The molecule has 20 heavy (non-hydrogen) atoms. The number of anilines is 1. The van der Waals surface area contributed by atoms with Crippen LogP contribution in [-0.2, 0) is 9.59 Å². The largest absolute Gasteiger partial charge is 0.493 e. The highest BCUT2D eigenvalue weighted by atomic mass is 16.5. The minimum atomic E-state index is -0.928. The minimum Gasteiger partial charge on any atom is -0.493 e. The molecule has 0 spiro atoms. The minimum absolute atomic E-state index is 0.0703. The van der Waals surface area contributed by atoms with Crippen LogP contribution in [0.25, 0.3) is 0 Å². The summed E-state index contributed by atoms with van der Waals surface area (Å²) < 4.78 is 5.41. The lowest BCUT2D eigenvalue weighted by Crippen LogP contribution is -2.45. The molecule has 0 aliphatic rings. The van der Waals surface area contributed by atoms with Gasteiger partial charge >= 0.3 is 0 Å². The molecule has 0 aliphatic carbocycles. The SMILES string of the molecule is CNC(=O)CCOc1ccc(NC(=O)C(C)(C)N)cc1. The first-order valence-electron chi connectivity index (χ1n) is 6.36. The molecule has 0 atom stereocenters. The summed E-state index contributed by atoms with van der Waals surface area (Å²) >= 11 is 0. The summed E-state index contributed by atoms with van der Waals surface area (Å²) in [6, 6.07) is 6.89. The summed E-state index contributed by atoms with van der Waals surface area (Å²) in [5, 5.41) is 5.23. The molecule has 0 aliphatic heterocycles. The molecule has 6 heteroatoms. The first kappa shape index (κ1) is 16.0. The molecular weight excluding hydrogens is 258 g/mol. The van der Waals surface area contributed by atoms with Crippen molar-refractivity contribution in [1.29, 1.82) is 0 Å². The number of hydrogen-bond acceptors (Lipinski definition) is 4. The highest BCUT2D eigenvalue weighted by molar-refractivity contribution is 5.97. The van der Waals surface area contributed by atoms with Crippen LogP contribution in [0.5, 0.6) is 5.75 Å². The van der Waals surface area contributed by atoms with Crippen LogP contribution in [0.4, 0.5) is 5.69 Å². The van der Waals surface area contributed by atoms with Crippen LogP contribution >= 0.6 is 0 Å². The fourth-order valence-electron chi connectivity index (χ4n) is 1.31. The Morgan fingerprint density at radius 3 is 2.35 bits per heavy atom. The maximum atomic E-state index is 11.7. The van der Waals surface area contributed by atoms with E-state index >= 15 is 0 Å². The number of nitrogens with one attached hydrogen (secondary N) is 2. The zero-order valence-electron chi connectivity index (χ0n) is 12.0. The summed E-state index contributed by atoms with van der Waals surface area (Å²) in [4.78, 5) is 22.7. The first-order chi connectivity index (χ1) is 9.32. The van der Waals surface area contributed by atoms with Crippen molar-refractivity contribution in [2.75, 3.05) is 19.0 Å². The van der Waals surface area contributed by atoms with Crippen LogP contribution in [0.15, 0.2) is 24.3 Å². The highest BCUT2D eigenvalue weighted by Gasteiger charge is 2.21. The molecule has 110 valence electrons. The summed E-state index contributed by atoms with van der Waals surface area (Å²) in [5.74, 6) is 0.309. The van der Waals surface area contributed by atoms with Gasteiger partial charge in [0.05, 0.1) is 18.6 Å². The van der Waals surface area contributed by atoms with E-state index in [0.29, 0.717) is 24.5 Å². The molecule has 0 fully saturated rings. The van der Waals surface area contributed by atoms with E-state index in [9.17, 15) is 9.59 Å². The van der Waals surface area contributed by atoms with Crippen molar-refractivity contribution in [3.63, 3.8) is 0 Å². The Morgan fingerprint density at radius 2 is 1.85 bits per heavy atom. The van der Waals surface area contributed by atoms with Gasteiger partial charge in [-0.05, 0) is 38.1 Å². The molecule has 0 heterocycles. The van der Waals surface area contributed by atoms with E-state index in [1.54, 1.807) is 45.2 Å². The van der Waals surface area contributed by atoms with E-state index in [1.165, 1.54) is 0 Å². The van der Waals surface area contributed by atoms with Gasteiger partial charge in [0.25, 0.3) is 0 Å². The van der Waals surface area contributed by atoms with E-state index in [1.807, 2.05) is 0 Å². The third kappa shape index (κ3) is 5.27. The number of hydrogen-bond donors (Lipinski definition) is 3. The van der Waals surface area contributed by atoms with Gasteiger partial charge < -0.3 is 21.1 Å². The fourth-order valence-corrected chi connectivity index (χ4v) is 1.31. The molecule has 0 saturated carbocycles. The molecule has 0 aromatic heterocycles. The van der Waals surface area contributed by atoms with Crippen molar-refractivity contribution < 1.29 is 14.3 Å². The van der Waals surface area contributed by atoms with Gasteiger partial charge in [0.15, 0.2) is 0 Å². The van der Waals surface area contributed by atoms with E-state index < -0.39 is 5.54 Å². The summed E-state index contributed by atoms with van der Waals surface area (Å²) in [5.41, 5.74) is 5.41. The molecule has 0 unspecified atom stereocenters. The summed E-state index contributed by atoms with van der Waals surface area (Å²) in [6.07, 6.45) is 0.302. The lowest BCUT2D eigenvalue weighted by atomic mass is 10.1. The average molecular weight is 279 g/mol. The number of amides is 2. The Hall–Kier alpha value is -2.08. The van der Waals surface area contributed by atoms with Crippen molar-refractivity contribution in [3.8, 4) is 5.75 Å². The van der Waals surface area contributed by atoms with Crippen LogP contribution < -0.4 is 21.1 Å². The molecule has 0 radical (unpaired) electrons. The van der Waals surface area contributed by atoms with Crippen LogP contribution in [0.1, 0.15) is 20.3 Å². The normalized spacial score (nSPS) is 10.8. The van der Waals surface area contributed by atoms with E-state index in [-0.39, 0.29) is 11.8 Å². The lowest BCUT2D eigenvalue weighted by Gasteiger charge is -2.17. The van der Waals surface area contributed by atoms with Crippen LogP contribution in [0.3, 0.4) is 0 Å². The van der Waals surface area contributed by atoms with Gasteiger partial charge in [0, 0.05) is 12.7 Å². The van der Waals surface area contributed by atoms with Crippen LogP contribution in [-0.4, -0.2) is 31.0 Å². The first-order valence-corrected chi connectivity index (χ1v) is 6.36. The molecule has 0 saturated heterocycles. The van der Waals surface area contributed by atoms with Crippen molar-refractivity contribution in [2.24, 2.45) is 5.73 Å². The third-order valence-electron chi connectivity index (χ3n) is 2.57. The number of ether oxygens (including phenoxy) is 1. The molecule has 1 rings (SSSR count). The predicted octanol–water partition coefficient (Wildman–Crippen LogP) is 0.877. The maximum Gasteiger partial charge on any atom is 0.243 e. The van der Waals surface area contributed by atoms with Gasteiger partial charge in [0.2, 0.25) is 11.8 Å². The number of carbonyl (C=O) groups is 2. The highest BCUT2D eigenvalue weighted by Crippen LogP contribution is 2.16. The quantitative estimate of drug-likeness (QED) is 0.720. The Morgan fingerprint density at radius 1 is 1.25 bits per heavy atom. The van der Waals surface area contributed by atoms with Gasteiger partial charge in [-0.15, -0.1) is 0 Å². The van der Waals surface area contributed by atoms with E-state index in [4.69, 9.17) is 10.5 Å². The lowest BCUT2D eigenvalue weighted by molar-refractivity contribution is -0.121. The number of rotatable bonds is 6. The number of benzene rings is 1. The zero-order valence-corrected chi connectivity index (χ0v) is 12.0. The van der Waals surface area contributed by atoms with Gasteiger partial charge in [-0.2, -0.15) is 0 Å². The molecule has 2 amide bonds. The van der Waals surface area contributed by atoms with Gasteiger partial charge in [-0.25, -0.2) is 0 Å². The van der Waals surface area contributed by atoms with Crippen molar-refractivity contribution in [3.05, 3.63) is 24.3 Å². The van der Waals surface area contributed by atoms with Gasteiger partial charge in [0.1, 0.15) is 5.75 Å². The van der Waals surface area contributed by atoms with Crippen molar-refractivity contribution in [1.82, 2.24) is 5.32 Å². The smallest absolute Gasteiger partial charge is 0.243 e. The standard InChI is InChI=1S/C14H21N3O3/c1-14(2,15)13(19)17-10-4-6-11(7-5-10)20-9-8-12(18)16-3/h4-7H,8-9,15H2,1-3H3,(H,16,18)(H,17,19). The molecule has 1 aromatic carbocycles.